The van der Waals surface area contributed by atoms with Crippen molar-refractivity contribution in [3.05, 3.63) is 35.1 Å². The number of hydrogen-bond acceptors (Lipinski definition) is 2. The zero-order valence-corrected chi connectivity index (χ0v) is 12.9. The maximum atomic E-state index is 13.4. The van der Waals surface area contributed by atoms with E-state index in [1.54, 1.807) is 4.90 Å². The van der Waals surface area contributed by atoms with E-state index in [1.165, 1.54) is 0 Å². The van der Waals surface area contributed by atoms with Crippen molar-refractivity contribution in [3.63, 3.8) is 0 Å². The number of hydrogen-bond donors (Lipinski definition) is 1. The van der Waals surface area contributed by atoms with Crippen LogP contribution in [0, 0.1) is 5.82 Å². The molecule has 0 spiro atoms. The predicted octanol–water partition coefficient (Wildman–Crippen LogP) is 3.45. The Hall–Kier alpha value is -1.63. The van der Waals surface area contributed by atoms with Crippen molar-refractivity contribution in [3.8, 4) is 0 Å². The topological polar surface area (TPSA) is 32.3 Å². The lowest BCUT2D eigenvalue weighted by Gasteiger charge is -2.34. The van der Waals surface area contributed by atoms with Crippen LogP contribution in [0.5, 0.6) is 0 Å². The molecule has 0 unspecified atom stereocenters. The van der Waals surface area contributed by atoms with E-state index < -0.39 is 23.5 Å². The summed E-state index contributed by atoms with van der Waals surface area (Å²) < 4.78 is 51.8. The van der Waals surface area contributed by atoms with Gasteiger partial charge in [0.25, 0.3) is 5.91 Å². The van der Waals surface area contributed by atoms with Gasteiger partial charge < -0.3 is 10.2 Å². The molecule has 0 saturated carbocycles. The van der Waals surface area contributed by atoms with Crippen LogP contribution in [0.2, 0.25) is 0 Å². The molecule has 3 nitrogen and oxygen atoms in total. The smallest absolute Gasteiger partial charge is 0.336 e. The van der Waals surface area contributed by atoms with Crippen molar-refractivity contribution in [2.45, 2.75) is 38.4 Å². The molecule has 1 aromatic rings. The molecule has 1 aromatic carbocycles. The Balaban J connectivity index is 2.29. The normalized spacial score (nSPS) is 16.4. The maximum Gasteiger partial charge on any atom is 0.419 e. The minimum atomic E-state index is -4.81. The highest BCUT2D eigenvalue weighted by Gasteiger charge is 2.35. The highest BCUT2D eigenvalue weighted by molar-refractivity contribution is 5.94. The molecule has 2 rings (SSSR count). The van der Waals surface area contributed by atoms with Crippen molar-refractivity contribution in [2.75, 3.05) is 19.6 Å². The number of piperidine rings is 1. The largest absolute Gasteiger partial charge is 0.419 e. The van der Waals surface area contributed by atoms with Gasteiger partial charge in [0.05, 0.1) is 5.56 Å². The van der Waals surface area contributed by atoms with Crippen LogP contribution in [0.3, 0.4) is 0 Å². The van der Waals surface area contributed by atoms with Gasteiger partial charge in [0, 0.05) is 18.2 Å². The lowest BCUT2D eigenvalue weighted by Crippen LogP contribution is -2.46. The molecule has 1 fully saturated rings. The van der Waals surface area contributed by atoms with Crippen LogP contribution in [0.15, 0.2) is 18.2 Å². The van der Waals surface area contributed by atoms with E-state index in [0.717, 1.165) is 32.0 Å². The SMILES string of the molecule is CCCN(C(=O)c1ccc(F)c(C(F)(F)F)c1)C1CCNCC1. The summed E-state index contributed by atoms with van der Waals surface area (Å²) in [4.78, 5) is 14.3. The number of halogens is 4. The molecule has 0 atom stereocenters. The fraction of sp³-hybridized carbons (Fsp3) is 0.562. The van der Waals surface area contributed by atoms with Crippen LogP contribution in [-0.4, -0.2) is 36.5 Å². The van der Waals surface area contributed by atoms with E-state index in [4.69, 9.17) is 0 Å². The number of carbonyl (C=O) groups is 1. The Morgan fingerprint density at radius 2 is 1.96 bits per heavy atom. The third kappa shape index (κ3) is 4.22. The molecule has 23 heavy (non-hydrogen) atoms. The summed E-state index contributed by atoms with van der Waals surface area (Å²) in [7, 11) is 0. The standard InChI is InChI=1S/C16H20F4N2O/c1-2-9-22(12-5-7-21-8-6-12)15(23)11-3-4-14(17)13(10-11)16(18,19)20/h3-4,10,12,21H,2,5-9H2,1H3. The molecule has 0 aliphatic carbocycles. The highest BCUT2D eigenvalue weighted by atomic mass is 19.4. The molecule has 1 N–H and O–H groups in total. The first-order valence-corrected chi connectivity index (χ1v) is 7.73. The number of nitrogens with zero attached hydrogens (tertiary/aromatic N) is 1. The second-order valence-electron chi connectivity index (χ2n) is 5.67. The van der Waals surface area contributed by atoms with Crippen LogP contribution in [0.1, 0.15) is 42.1 Å². The quantitative estimate of drug-likeness (QED) is 0.857. The Labute approximate surface area is 132 Å². The number of carbonyl (C=O) groups excluding carboxylic acids is 1. The first kappa shape index (κ1) is 17.7. The summed E-state index contributed by atoms with van der Waals surface area (Å²) >= 11 is 0. The summed E-state index contributed by atoms with van der Waals surface area (Å²) in [5, 5.41) is 3.19. The summed E-state index contributed by atoms with van der Waals surface area (Å²) in [6, 6.07) is 2.45. The number of rotatable bonds is 4. The summed E-state index contributed by atoms with van der Waals surface area (Å²) in [5.74, 6) is -1.83. The van der Waals surface area contributed by atoms with Crippen molar-refractivity contribution in [1.29, 1.82) is 0 Å². The molecule has 1 aliphatic rings. The minimum absolute atomic E-state index is 0.00286. The zero-order chi connectivity index (χ0) is 17.0. The molecule has 1 aliphatic heterocycles. The molecule has 1 amide bonds. The van der Waals surface area contributed by atoms with Gasteiger partial charge in [-0.1, -0.05) is 6.92 Å². The van der Waals surface area contributed by atoms with Crippen LogP contribution in [-0.2, 0) is 6.18 Å². The van der Waals surface area contributed by atoms with Crippen molar-refractivity contribution < 1.29 is 22.4 Å². The zero-order valence-electron chi connectivity index (χ0n) is 12.9. The van der Waals surface area contributed by atoms with Crippen molar-refractivity contribution in [1.82, 2.24) is 10.2 Å². The van der Waals surface area contributed by atoms with Gasteiger partial charge in [-0.15, -0.1) is 0 Å². The molecule has 0 bridgehead atoms. The van der Waals surface area contributed by atoms with E-state index in [9.17, 15) is 22.4 Å². The van der Waals surface area contributed by atoms with E-state index in [-0.39, 0.29) is 11.6 Å². The molecule has 0 radical (unpaired) electrons. The minimum Gasteiger partial charge on any atom is -0.336 e. The van der Waals surface area contributed by atoms with Gasteiger partial charge in [-0.2, -0.15) is 13.2 Å². The molecule has 0 aromatic heterocycles. The Kier molecular flexibility index (Phi) is 5.62. The van der Waals surface area contributed by atoms with E-state index in [2.05, 4.69) is 5.32 Å². The summed E-state index contributed by atoms with van der Waals surface area (Å²) in [6.07, 6.45) is -2.58. The van der Waals surface area contributed by atoms with E-state index >= 15 is 0 Å². The highest BCUT2D eigenvalue weighted by Crippen LogP contribution is 2.32. The van der Waals surface area contributed by atoms with Crippen molar-refractivity contribution in [2.24, 2.45) is 0 Å². The molecular formula is C16H20F4N2O. The van der Waals surface area contributed by atoms with Gasteiger partial charge in [-0.25, -0.2) is 4.39 Å². The number of amides is 1. The van der Waals surface area contributed by atoms with Crippen LogP contribution < -0.4 is 5.32 Å². The summed E-state index contributed by atoms with van der Waals surface area (Å²) in [5.41, 5.74) is -1.52. The lowest BCUT2D eigenvalue weighted by molar-refractivity contribution is -0.140. The number of nitrogens with one attached hydrogen (secondary N) is 1. The monoisotopic (exact) mass is 332 g/mol. The predicted molar refractivity (Wildman–Crippen MR) is 78.6 cm³/mol. The fourth-order valence-electron chi connectivity index (χ4n) is 2.85. The molecule has 128 valence electrons. The van der Waals surface area contributed by atoms with E-state index in [0.29, 0.717) is 25.1 Å². The van der Waals surface area contributed by atoms with Crippen LogP contribution in [0.25, 0.3) is 0 Å². The van der Waals surface area contributed by atoms with Gasteiger partial charge in [0.15, 0.2) is 0 Å². The average Bonchev–Trinajstić information content (AvgIpc) is 2.52. The van der Waals surface area contributed by atoms with Gasteiger partial charge in [-0.3, -0.25) is 4.79 Å². The Morgan fingerprint density at radius 1 is 1.30 bits per heavy atom. The molecular weight excluding hydrogens is 312 g/mol. The maximum absolute atomic E-state index is 13.4. The van der Waals surface area contributed by atoms with Gasteiger partial charge in [0.2, 0.25) is 0 Å². The fourth-order valence-corrected chi connectivity index (χ4v) is 2.85. The molecule has 1 saturated heterocycles. The number of alkyl halides is 3. The van der Waals surface area contributed by atoms with Crippen LogP contribution >= 0.6 is 0 Å². The molecule has 1 heterocycles. The average molecular weight is 332 g/mol. The van der Waals surface area contributed by atoms with Gasteiger partial charge >= 0.3 is 6.18 Å². The summed E-state index contributed by atoms with van der Waals surface area (Å²) in [6.45, 7) is 3.93. The second kappa shape index (κ2) is 7.29. The number of benzene rings is 1. The second-order valence-corrected chi connectivity index (χ2v) is 5.67. The van der Waals surface area contributed by atoms with Crippen LogP contribution in [0.4, 0.5) is 17.6 Å². The first-order chi connectivity index (χ1) is 10.8. The van der Waals surface area contributed by atoms with Gasteiger partial charge in [-0.05, 0) is 50.6 Å². The third-order valence-corrected chi connectivity index (χ3v) is 3.99. The molecule has 7 heteroatoms. The Morgan fingerprint density at radius 3 is 2.52 bits per heavy atom. The van der Waals surface area contributed by atoms with E-state index in [1.807, 2.05) is 6.92 Å². The Bertz CT molecular complexity index is 554. The third-order valence-electron chi connectivity index (χ3n) is 3.99. The lowest BCUT2D eigenvalue weighted by atomic mass is 10.0. The van der Waals surface area contributed by atoms with Crippen molar-refractivity contribution >= 4 is 5.91 Å². The first-order valence-electron chi connectivity index (χ1n) is 7.73. The van der Waals surface area contributed by atoms with Gasteiger partial charge in [0.1, 0.15) is 5.82 Å².